The summed E-state index contributed by atoms with van der Waals surface area (Å²) >= 11 is 0. The number of hydrogen-bond acceptors (Lipinski definition) is 2. The van der Waals surface area contributed by atoms with Crippen molar-refractivity contribution in [3.8, 4) is 0 Å². The van der Waals surface area contributed by atoms with Crippen LogP contribution in [0.15, 0.2) is 12.7 Å². The van der Waals surface area contributed by atoms with E-state index in [2.05, 4.69) is 27.4 Å². The van der Waals surface area contributed by atoms with E-state index in [-0.39, 0.29) is 10.8 Å². The van der Waals surface area contributed by atoms with Gasteiger partial charge in [-0.3, -0.25) is 0 Å². The first-order valence-electron chi connectivity index (χ1n) is 7.39. The van der Waals surface area contributed by atoms with Gasteiger partial charge in [-0.05, 0) is 43.4 Å². The molecule has 1 spiro atoms. The van der Waals surface area contributed by atoms with Crippen molar-refractivity contribution in [3.05, 3.63) is 12.7 Å². The Balaban J connectivity index is 1.92. The molecule has 2 saturated carbocycles. The minimum atomic E-state index is -3.04. The largest absolute Gasteiger partial charge is 0.236 e. The minimum Gasteiger partial charge on any atom is -0.210 e. The number of fused-ring (bicyclic) bond motifs is 3. The van der Waals surface area contributed by atoms with Gasteiger partial charge in [0.05, 0.1) is 0 Å². The van der Waals surface area contributed by atoms with E-state index >= 15 is 0 Å². The molecule has 0 N–H and O–H groups in total. The quantitative estimate of drug-likeness (QED) is 0.451. The van der Waals surface area contributed by atoms with Crippen LogP contribution >= 0.6 is 0 Å². The monoisotopic (exact) mass is 283 g/mol. The van der Waals surface area contributed by atoms with Crippen LogP contribution in [-0.4, -0.2) is 24.1 Å². The van der Waals surface area contributed by atoms with Gasteiger partial charge in [-0.1, -0.05) is 26.8 Å². The molecular formula is C15H25NO2S. The van der Waals surface area contributed by atoms with Crippen LogP contribution in [0.2, 0.25) is 0 Å². The molecule has 0 aromatic rings. The molecule has 0 aromatic heterocycles. The van der Waals surface area contributed by atoms with E-state index in [0.29, 0.717) is 12.5 Å². The van der Waals surface area contributed by atoms with Gasteiger partial charge in [-0.25, -0.2) is 8.42 Å². The van der Waals surface area contributed by atoms with E-state index in [1.165, 1.54) is 6.42 Å². The highest BCUT2D eigenvalue weighted by atomic mass is 32.2. The van der Waals surface area contributed by atoms with Crippen LogP contribution in [0.4, 0.5) is 0 Å². The molecule has 4 unspecified atom stereocenters. The molecule has 1 heterocycles. The standard InChI is InChI=1S/C15H25NO2S/c1-5-6-7-10-16-15(19(16,17)18)11-12-8-9-14(15,4)13(12,2)3/h5,12H,1,6-11H2,2-4H3. The van der Waals surface area contributed by atoms with Crippen molar-refractivity contribution < 1.29 is 8.42 Å². The minimum absolute atomic E-state index is 0.0717. The van der Waals surface area contributed by atoms with E-state index in [1.54, 1.807) is 0 Å². The molecule has 3 rings (SSSR count). The predicted octanol–water partition coefficient (Wildman–Crippen LogP) is 3.14. The molecule has 2 aliphatic carbocycles. The van der Waals surface area contributed by atoms with Crippen molar-refractivity contribution in [2.75, 3.05) is 6.54 Å². The third kappa shape index (κ3) is 1.26. The zero-order valence-electron chi connectivity index (χ0n) is 12.3. The van der Waals surface area contributed by atoms with Gasteiger partial charge in [0.1, 0.15) is 0 Å². The van der Waals surface area contributed by atoms with Crippen LogP contribution in [0.25, 0.3) is 0 Å². The summed E-state index contributed by atoms with van der Waals surface area (Å²) in [5.74, 6) is 0.566. The van der Waals surface area contributed by atoms with Crippen LogP contribution in [0.1, 0.15) is 52.9 Å². The highest BCUT2D eigenvalue weighted by Crippen LogP contribution is 2.78. The Morgan fingerprint density at radius 1 is 1.37 bits per heavy atom. The molecule has 1 aliphatic heterocycles. The second-order valence-electron chi connectivity index (χ2n) is 7.29. The van der Waals surface area contributed by atoms with Gasteiger partial charge < -0.3 is 0 Å². The van der Waals surface area contributed by atoms with Crippen molar-refractivity contribution in [1.29, 1.82) is 0 Å². The number of nitrogens with zero attached hydrogens (tertiary/aromatic N) is 1. The summed E-state index contributed by atoms with van der Waals surface area (Å²) in [5.41, 5.74) is 0.0743. The lowest BCUT2D eigenvalue weighted by Crippen LogP contribution is -2.41. The first-order valence-corrected chi connectivity index (χ1v) is 8.83. The molecule has 19 heavy (non-hydrogen) atoms. The second-order valence-corrected chi connectivity index (χ2v) is 9.35. The van der Waals surface area contributed by atoms with Crippen LogP contribution in [0.3, 0.4) is 0 Å². The van der Waals surface area contributed by atoms with E-state index in [0.717, 1.165) is 25.7 Å². The van der Waals surface area contributed by atoms with Crippen LogP contribution in [0, 0.1) is 16.7 Å². The molecule has 3 fully saturated rings. The smallest absolute Gasteiger partial charge is 0.210 e. The lowest BCUT2D eigenvalue weighted by atomic mass is 9.69. The number of hydrogen-bond donors (Lipinski definition) is 0. The predicted molar refractivity (Wildman–Crippen MR) is 77.0 cm³/mol. The van der Waals surface area contributed by atoms with Crippen molar-refractivity contribution in [3.63, 3.8) is 0 Å². The molecule has 1 saturated heterocycles. The Morgan fingerprint density at radius 3 is 2.53 bits per heavy atom. The lowest BCUT2D eigenvalue weighted by Gasteiger charge is -2.37. The maximum absolute atomic E-state index is 12.6. The first kappa shape index (κ1) is 13.6. The Hall–Kier alpha value is -0.350. The fraction of sp³-hybridized carbons (Fsp3) is 0.867. The van der Waals surface area contributed by atoms with Gasteiger partial charge in [-0.15, -0.1) is 6.58 Å². The Kier molecular flexibility index (Phi) is 2.61. The molecule has 4 atom stereocenters. The number of sulfonamides is 1. The fourth-order valence-corrected chi connectivity index (χ4v) is 7.93. The summed E-state index contributed by atoms with van der Waals surface area (Å²) in [6, 6.07) is 0. The number of allylic oxidation sites excluding steroid dienone is 1. The topological polar surface area (TPSA) is 37.1 Å². The van der Waals surface area contributed by atoms with Crippen LogP contribution in [-0.2, 0) is 10.0 Å². The summed E-state index contributed by atoms with van der Waals surface area (Å²) in [7, 11) is -3.04. The first-order chi connectivity index (χ1) is 8.75. The maximum Gasteiger partial charge on any atom is 0.236 e. The second kappa shape index (κ2) is 3.64. The van der Waals surface area contributed by atoms with E-state index < -0.39 is 14.9 Å². The van der Waals surface area contributed by atoms with Gasteiger partial charge >= 0.3 is 0 Å². The van der Waals surface area contributed by atoms with Crippen molar-refractivity contribution >= 4 is 10.0 Å². The Bertz CT molecular complexity index is 524. The van der Waals surface area contributed by atoms with Crippen molar-refractivity contribution in [2.45, 2.75) is 57.7 Å². The van der Waals surface area contributed by atoms with E-state index in [1.807, 2.05) is 10.4 Å². The average molecular weight is 283 g/mol. The molecule has 3 nitrogen and oxygen atoms in total. The molecule has 3 aliphatic rings. The third-order valence-electron chi connectivity index (χ3n) is 6.68. The Morgan fingerprint density at radius 2 is 2.05 bits per heavy atom. The number of unbranched alkanes of at least 4 members (excludes halogenated alkanes) is 1. The zero-order valence-corrected chi connectivity index (χ0v) is 13.1. The van der Waals surface area contributed by atoms with Gasteiger partial charge in [0.15, 0.2) is 4.87 Å². The fourth-order valence-electron chi connectivity index (χ4n) is 4.99. The summed E-state index contributed by atoms with van der Waals surface area (Å²) in [6.45, 7) is 11.1. The molecule has 0 aromatic carbocycles. The van der Waals surface area contributed by atoms with Crippen LogP contribution in [0.5, 0.6) is 0 Å². The summed E-state index contributed by atoms with van der Waals surface area (Å²) in [4.78, 5) is -0.534. The summed E-state index contributed by atoms with van der Waals surface area (Å²) < 4.78 is 27.0. The SMILES string of the molecule is C=CCCCN1C2(CC3CCC2(C)C3(C)C)S1(=O)=O. The highest BCUT2D eigenvalue weighted by molar-refractivity contribution is 7.97. The maximum atomic E-state index is 12.6. The third-order valence-corrected chi connectivity index (χ3v) is 9.27. The van der Waals surface area contributed by atoms with Gasteiger partial charge in [0.25, 0.3) is 0 Å². The molecule has 2 bridgehead atoms. The van der Waals surface area contributed by atoms with Crippen molar-refractivity contribution in [2.24, 2.45) is 16.7 Å². The van der Waals surface area contributed by atoms with Crippen LogP contribution < -0.4 is 0 Å². The lowest BCUT2D eigenvalue weighted by molar-refractivity contribution is 0.101. The Labute approximate surface area is 117 Å². The average Bonchev–Trinajstić information content (AvgIpc) is 2.59. The van der Waals surface area contributed by atoms with Gasteiger partial charge in [0, 0.05) is 12.0 Å². The molecular weight excluding hydrogens is 258 g/mol. The summed E-state index contributed by atoms with van der Waals surface area (Å²) in [6.07, 6.45) is 6.77. The van der Waals surface area contributed by atoms with Gasteiger partial charge in [0.2, 0.25) is 10.0 Å². The summed E-state index contributed by atoms with van der Waals surface area (Å²) in [5, 5.41) is 0. The molecule has 0 radical (unpaired) electrons. The molecule has 4 heteroatoms. The van der Waals surface area contributed by atoms with Gasteiger partial charge in [-0.2, -0.15) is 4.31 Å². The molecule has 108 valence electrons. The molecule has 0 amide bonds. The van der Waals surface area contributed by atoms with Crippen molar-refractivity contribution in [1.82, 2.24) is 4.31 Å². The zero-order chi connectivity index (χ0) is 14.1. The highest BCUT2D eigenvalue weighted by Gasteiger charge is 2.86. The normalized spacial score (nSPS) is 48.6. The van der Waals surface area contributed by atoms with E-state index in [4.69, 9.17) is 0 Å². The number of rotatable bonds is 4. The van der Waals surface area contributed by atoms with E-state index in [9.17, 15) is 8.42 Å².